The third-order valence-electron chi connectivity index (χ3n) is 10.4. The summed E-state index contributed by atoms with van der Waals surface area (Å²) in [6, 6.07) is 62.8. The maximum Gasteiger partial charge on any atom is 0.143 e. The lowest BCUT2D eigenvalue weighted by molar-refractivity contribution is 0.673. The van der Waals surface area contributed by atoms with Crippen molar-refractivity contribution < 1.29 is 4.42 Å². The van der Waals surface area contributed by atoms with Crippen molar-refractivity contribution in [2.75, 3.05) is 9.80 Å². The molecule has 0 fully saturated rings. The van der Waals surface area contributed by atoms with E-state index < -0.39 is 0 Å². The van der Waals surface area contributed by atoms with E-state index in [2.05, 4.69) is 204 Å². The predicted molar refractivity (Wildman–Crippen MR) is 224 cm³/mol. The standard InChI is InChI=1S/C50H36N2O/c1-5-15-37(16-6-1)51(38-17-7-2-8-18-38)41-28-25-35(26-29-41)36-27-31-45-47(33-36)43-23-13-14-24-44(43)49-46-32-30-42(34-48(46)53-50(45)49)52(39-19-9-3-10-20-39)40-21-11-4-12-22-40/h1,3-7,9-34H,2,8H2. The van der Waals surface area contributed by atoms with E-state index in [9.17, 15) is 0 Å². The van der Waals surface area contributed by atoms with E-state index in [4.69, 9.17) is 4.42 Å². The number of nitrogens with zero attached hydrogens (tertiary/aromatic N) is 2. The summed E-state index contributed by atoms with van der Waals surface area (Å²) >= 11 is 0. The van der Waals surface area contributed by atoms with Crippen LogP contribution in [0.2, 0.25) is 0 Å². The van der Waals surface area contributed by atoms with Crippen LogP contribution >= 0.6 is 0 Å². The molecule has 0 amide bonds. The van der Waals surface area contributed by atoms with Gasteiger partial charge in [0.2, 0.25) is 0 Å². The largest absolute Gasteiger partial charge is 0.455 e. The zero-order valence-corrected chi connectivity index (χ0v) is 29.2. The fourth-order valence-corrected chi connectivity index (χ4v) is 7.96. The van der Waals surface area contributed by atoms with Crippen LogP contribution in [-0.2, 0) is 0 Å². The summed E-state index contributed by atoms with van der Waals surface area (Å²) in [5.74, 6) is 0. The Bertz CT molecular complexity index is 2780. The van der Waals surface area contributed by atoms with Crippen LogP contribution in [0.3, 0.4) is 0 Å². The van der Waals surface area contributed by atoms with E-state index >= 15 is 0 Å². The topological polar surface area (TPSA) is 19.6 Å². The molecule has 3 nitrogen and oxygen atoms in total. The van der Waals surface area contributed by atoms with Gasteiger partial charge in [0.15, 0.2) is 0 Å². The minimum Gasteiger partial charge on any atom is -0.455 e. The number of hydrogen-bond acceptors (Lipinski definition) is 3. The molecule has 9 aromatic rings. The SMILES string of the molecule is C1=CC(N(c2ccccc2)c2ccc(-c3ccc4c(c3)c3ccccc3c3c5ccc(N(c6ccccc6)c6ccccc6)cc5oc43)cc2)=CCC1. The van der Waals surface area contributed by atoms with Gasteiger partial charge < -0.3 is 14.2 Å². The van der Waals surface area contributed by atoms with Crippen LogP contribution in [-0.4, -0.2) is 0 Å². The van der Waals surface area contributed by atoms with Gasteiger partial charge in [-0.2, -0.15) is 0 Å². The summed E-state index contributed by atoms with van der Waals surface area (Å²) in [5, 5.41) is 7.00. The first-order valence-electron chi connectivity index (χ1n) is 18.3. The molecule has 10 rings (SSSR count). The lowest BCUT2D eigenvalue weighted by Crippen LogP contribution is -2.16. The predicted octanol–water partition coefficient (Wildman–Crippen LogP) is 14.4. The van der Waals surface area contributed by atoms with Crippen molar-refractivity contribution in [3.8, 4) is 11.1 Å². The van der Waals surface area contributed by atoms with Gasteiger partial charge in [-0.05, 0) is 119 Å². The first-order chi connectivity index (χ1) is 26.3. The first-order valence-corrected chi connectivity index (χ1v) is 18.3. The van der Waals surface area contributed by atoms with E-state index in [1.54, 1.807) is 0 Å². The summed E-state index contributed by atoms with van der Waals surface area (Å²) < 4.78 is 6.88. The highest BCUT2D eigenvalue weighted by Gasteiger charge is 2.20. The molecule has 0 radical (unpaired) electrons. The van der Waals surface area contributed by atoms with Crippen molar-refractivity contribution in [2.45, 2.75) is 12.8 Å². The Balaban J connectivity index is 1.09. The number of fused-ring (bicyclic) bond motifs is 8. The van der Waals surface area contributed by atoms with Crippen LogP contribution in [0.1, 0.15) is 12.8 Å². The van der Waals surface area contributed by atoms with Crippen LogP contribution < -0.4 is 9.80 Å². The Morgan fingerprint density at radius 1 is 0.396 bits per heavy atom. The van der Waals surface area contributed by atoms with Gasteiger partial charge in [0.25, 0.3) is 0 Å². The molecule has 1 heterocycles. The summed E-state index contributed by atoms with van der Waals surface area (Å²) in [6.07, 6.45) is 8.97. The molecule has 0 spiro atoms. The molecule has 0 saturated carbocycles. The second-order valence-corrected chi connectivity index (χ2v) is 13.6. The summed E-state index contributed by atoms with van der Waals surface area (Å²) in [6.45, 7) is 0. The molecule has 3 heteroatoms. The molecule has 0 aliphatic heterocycles. The van der Waals surface area contributed by atoms with Crippen LogP contribution in [0.4, 0.5) is 28.4 Å². The fourth-order valence-electron chi connectivity index (χ4n) is 7.96. The molecule has 1 aromatic heterocycles. The van der Waals surface area contributed by atoms with Crippen LogP contribution in [0, 0.1) is 0 Å². The summed E-state index contributed by atoms with van der Waals surface area (Å²) in [5.41, 5.74) is 10.9. The number of benzene rings is 8. The van der Waals surface area contributed by atoms with E-state index in [0.717, 1.165) is 68.6 Å². The van der Waals surface area contributed by atoms with E-state index in [1.165, 1.54) is 33.0 Å². The highest BCUT2D eigenvalue weighted by atomic mass is 16.3. The average Bonchev–Trinajstić information content (AvgIpc) is 3.62. The molecular formula is C50H36N2O. The smallest absolute Gasteiger partial charge is 0.143 e. The second kappa shape index (κ2) is 13.0. The van der Waals surface area contributed by atoms with Crippen molar-refractivity contribution in [1.29, 1.82) is 0 Å². The number of furan rings is 1. The first kappa shape index (κ1) is 30.9. The Morgan fingerprint density at radius 2 is 0.962 bits per heavy atom. The zero-order chi connectivity index (χ0) is 35.1. The number of para-hydroxylation sites is 3. The molecular weight excluding hydrogens is 645 g/mol. The maximum absolute atomic E-state index is 6.88. The third-order valence-corrected chi connectivity index (χ3v) is 10.4. The van der Waals surface area contributed by atoms with Crippen LogP contribution in [0.25, 0.3) is 54.6 Å². The molecule has 53 heavy (non-hydrogen) atoms. The van der Waals surface area contributed by atoms with Crippen molar-refractivity contribution >= 4 is 71.9 Å². The van der Waals surface area contributed by atoms with Gasteiger partial charge in [-0.1, -0.05) is 109 Å². The zero-order valence-electron chi connectivity index (χ0n) is 29.2. The number of anilines is 5. The number of rotatable bonds is 7. The highest BCUT2D eigenvalue weighted by Crippen LogP contribution is 2.44. The lowest BCUT2D eigenvalue weighted by Gasteiger charge is -2.27. The van der Waals surface area contributed by atoms with Gasteiger partial charge >= 0.3 is 0 Å². The molecule has 8 aromatic carbocycles. The lowest BCUT2D eigenvalue weighted by atomic mass is 9.94. The normalized spacial score (nSPS) is 12.8. The average molecular weight is 681 g/mol. The molecule has 0 unspecified atom stereocenters. The van der Waals surface area contributed by atoms with E-state index in [0.29, 0.717) is 0 Å². The Hall–Kier alpha value is -6.84. The van der Waals surface area contributed by atoms with Crippen molar-refractivity contribution in [1.82, 2.24) is 0 Å². The van der Waals surface area contributed by atoms with Gasteiger partial charge in [0.05, 0.1) is 0 Å². The van der Waals surface area contributed by atoms with E-state index in [-0.39, 0.29) is 0 Å². The molecule has 252 valence electrons. The highest BCUT2D eigenvalue weighted by molar-refractivity contribution is 6.30. The maximum atomic E-state index is 6.88. The second-order valence-electron chi connectivity index (χ2n) is 13.6. The van der Waals surface area contributed by atoms with Crippen molar-refractivity contribution in [2.24, 2.45) is 0 Å². The number of hydrogen-bond donors (Lipinski definition) is 0. The summed E-state index contributed by atoms with van der Waals surface area (Å²) in [4.78, 5) is 4.62. The van der Waals surface area contributed by atoms with Crippen molar-refractivity contribution in [3.63, 3.8) is 0 Å². The van der Waals surface area contributed by atoms with Gasteiger partial charge in [-0.25, -0.2) is 0 Å². The monoisotopic (exact) mass is 680 g/mol. The summed E-state index contributed by atoms with van der Waals surface area (Å²) in [7, 11) is 0. The molecule has 0 bridgehead atoms. The van der Waals surface area contributed by atoms with Crippen molar-refractivity contribution in [3.05, 3.63) is 200 Å². The minimum absolute atomic E-state index is 0.873. The molecule has 1 aliphatic rings. The van der Waals surface area contributed by atoms with Gasteiger partial charge in [-0.3, -0.25) is 0 Å². The molecule has 0 N–H and O–H groups in total. The molecule has 0 saturated heterocycles. The van der Waals surface area contributed by atoms with Gasteiger partial charge in [-0.15, -0.1) is 0 Å². The van der Waals surface area contributed by atoms with Gasteiger partial charge in [0, 0.05) is 56.4 Å². The quantitative estimate of drug-likeness (QED) is 0.156. The Kier molecular flexibility index (Phi) is 7.62. The Labute approximate surface area is 309 Å². The third kappa shape index (κ3) is 5.46. The fraction of sp³-hybridized carbons (Fsp3) is 0.0400. The van der Waals surface area contributed by atoms with E-state index in [1.807, 2.05) is 0 Å². The molecule has 1 aliphatic carbocycles. The Morgan fingerprint density at radius 3 is 1.62 bits per heavy atom. The number of allylic oxidation sites excluding steroid dienone is 3. The minimum atomic E-state index is 0.873. The molecule has 0 atom stereocenters. The van der Waals surface area contributed by atoms with Crippen LogP contribution in [0.15, 0.2) is 204 Å². The van der Waals surface area contributed by atoms with Crippen LogP contribution in [0.5, 0.6) is 0 Å². The van der Waals surface area contributed by atoms with Gasteiger partial charge in [0.1, 0.15) is 11.2 Å².